The second kappa shape index (κ2) is 4.22. The highest BCUT2D eigenvalue weighted by atomic mass is 35.5. The number of halogens is 2. The van der Waals surface area contributed by atoms with Gasteiger partial charge in [0.05, 0.1) is 11.6 Å². The van der Waals surface area contributed by atoms with Crippen LogP contribution >= 0.6 is 24.2 Å². The van der Waals surface area contributed by atoms with Crippen LogP contribution < -0.4 is 4.74 Å². The van der Waals surface area contributed by atoms with Gasteiger partial charge in [-0.05, 0) is 30.7 Å². The van der Waals surface area contributed by atoms with Crippen molar-refractivity contribution in [2.24, 2.45) is 5.41 Å². The Labute approximate surface area is 99.0 Å². The molecule has 0 bridgehead atoms. The number of hydrogen-bond donors (Lipinski definition) is 1. The Morgan fingerprint density at radius 1 is 1.47 bits per heavy atom. The molecule has 0 radical (unpaired) electrons. The molecule has 1 aromatic carbocycles. The number of thiol groups is 1. The molecule has 1 aliphatic carbocycles. The maximum atomic E-state index is 13.4. The minimum Gasteiger partial charge on any atom is -0.490 e. The van der Waals surface area contributed by atoms with Crippen molar-refractivity contribution in [1.29, 1.82) is 0 Å². The van der Waals surface area contributed by atoms with Crippen LogP contribution in [0.2, 0.25) is 5.02 Å². The Hall–Kier alpha value is -0.410. The van der Waals surface area contributed by atoms with Crippen LogP contribution in [-0.2, 0) is 0 Å². The summed E-state index contributed by atoms with van der Waals surface area (Å²) in [4.78, 5) is 0. The summed E-state index contributed by atoms with van der Waals surface area (Å²) < 4.78 is 18.9. The minimum absolute atomic E-state index is 0.100. The first-order valence-corrected chi connectivity index (χ1v) is 5.86. The zero-order chi connectivity index (χ0) is 10.9. The molecule has 1 aliphatic rings. The molecule has 1 fully saturated rings. The van der Waals surface area contributed by atoms with E-state index in [2.05, 4.69) is 12.6 Å². The summed E-state index contributed by atoms with van der Waals surface area (Å²) in [5.41, 5.74) is 0.165. The van der Waals surface area contributed by atoms with E-state index < -0.39 is 5.82 Å². The summed E-state index contributed by atoms with van der Waals surface area (Å²) in [6.07, 6.45) is 2.22. The second-order valence-electron chi connectivity index (χ2n) is 4.00. The SMILES string of the molecule is Fc1c(Cl)cccc1OCC1(CS)CC1. The lowest BCUT2D eigenvalue weighted by atomic mass is 10.2. The summed E-state index contributed by atoms with van der Waals surface area (Å²) in [5.74, 6) is 0.541. The van der Waals surface area contributed by atoms with E-state index in [9.17, 15) is 4.39 Å². The van der Waals surface area contributed by atoms with Crippen LogP contribution in [0.15, 0.2) is 18.2 Å². The molecule has 1 aromatic rings. The van der Waals surface area contributed by atoms with E-state index in [0.717, 1.165) is 18.6 Å². The molecule has 0 saturated heterocycles. The summed E-state index contributed by atoms with van der Waals surface area (Å²) in [5, 5.41) is 0.100. The number of hydrogen-bond acceptors (Lipinski definition) is 2. The fourth-order valence-electron chi connectivity index (χ4n) is 1.35. The molecular weight excluding hydrogens is 235 g/mol. The van der Waals surface area contributed by atoms with Crippen LogP contribution in [0.1, 0.15) is 12.8 Å². The van der Waals surface area contributed by atoms with E-state index in [1.165, 1.54) is 6.07 Å². The zero-order valence-corrected chi connectivity index (χ0v) is 9.82. The van der Waals surface area contributed by atoms with E-state index in [1.807, 2.05) is 0 Å². The molecule has 2 rings (SSSR count). The third-order valence-corrected chi connectivity index (χ3v) is 3.71. The van der Waals surface area contributed by atoms with Gasteiger partial charge in [-0.1, -0.05) is 17.7 Å². The Kier molecular flexibility index (Phi) is 3.12. The van der Waals surface area contributed by atoms with Crippen molar-refractivity contribution in [2.45, 2.75) is 12.8 Å². The highest BCUT2D eigenvalue weighted by molar-refractivity contribution is 7.80. The van der Waals surface area contributed by atoms with Crippen molar-refractivity contribution in [1.82, 2.24) is 0 Å². The normalized spacial score (nSPS) is 17.5. The molecule has 0 heterocycles. The number of benzene rings is 1. The first-order chi connectivity index (χ1) is 7.17. The molecule has 1 saturated carbocycles. The maximum Gasteiger partial charge on any atom is 0.183 e. The number of rotatable bonds is 4. The van der Waals surface area contributed by atoms with Crippen LogP contribution in [-0.4, -0.2) is 12.4 Å². The Balaban J connectivity index is 2.02. The van der Waals surface area contributed by atoms with Crippen LogP contribution in [0.25, 0.3) is 0 Å². The lowest BCUT2D eigenvalue weighted by molar-refractivity contribution is 0.240. The van der Waals surface area contributed by atoms with E-state index >= 15 is 0 Å². The molecule has 82 valence electrons. The number of ether oxygens (including phenoxy) is 1. The fourth-order valence-corrected chi connectivity index (χ4v) is 1.92. The van der Waals surface area contributed by atoms with E-state index in [-0.39, 0.29) is 16.2 Å². The Morgan fingerprint density at radius 2 is 2.20 bits per heavy atom. The van der Waals surface area contributed by atoms with Gasteiger partial charge in [0.2, 0.25) is 0 Å². The van der Waals surface area contributed by atoms with Crippen LogP contribution in [0.3, 0.4) is 0 Å². The third kappa shape index (κ3) is 2.40. The van der Waals surface area contributed by atoms with Gasteiger partial charge >= 0.3 is 0 Å². The highest BCUT2D eigenvalue weighted by Gasteiger charge is 2.42. The van der Waals surface area contributed by atoms with Gasteiger partial charge in [0.1, 0.15) is 0 Å². The zero-order valence-electron chi connectivity index (χ0n) is 8.17. The van der Waals surface area contributed by atoms with E-state index in [0.29, 0.717) is 6.61 Å². The first-order valence-electron chi connectivity index (χ1n) is 4.85. The first kappa shape index (κ1) is 11.1. The van der Waals surface area contributed by atoms with Crippen LogP contribution in [0.4, 0.5) is 4.39 Å². The quantitative estimate of drug-likeness (QED) is 0.800. The molecule has 0 atom stereocenters. The van der Waals surface area contributed by atoms with Crippen LogP contribution in [0.5, 0.6) is 5.75 Å². The molecule has 15 heavy (non-hydrogen) atoms. The van der Waals surface area contributed by atoms with Gasteiger partial charge in [0.25, 0.3) is 0 Å². The largest absolute Gasteiger partial charge is 0.490 e. The Bertz CT molecular complexity index is 366. The molecule has 1 nitrogen and oxygen atoms in total. The predicted octanol–water partition coefficient (Wildman–Crippen LogP) is 3.57. The smallest absolute Gasteiger partial charge is 0.183 e. The lowest BCUT2D eigenvalue weighted by Crippen LogP contribution is -2.15. The van der Waals surface area contributed by atoms with Crippen molar-refractivity contribution in [3.05, 3.63) is 29.0 Å². The van der Waals surface area contributed by atoms with E-state index in [1.54, 1.807) is 12.1 Å². The van der Waals surface area contributed by atoms with Gasteiger partial charge < -0.3 is 4.74 Å². The summed E-state index contributed by atoms with van der Waals surface area (Å²) in [6, 6.07) is 4.78. The van der Waals surface area contributed by atoms with Crippen molar-refractivity contribution in [3.8, 4) is 5.75 Å². The Morgan fingerprint density at radius 3 is 2.80 bits per heavy atom. The van der Waals surface area contributed by atoms with Gasteiger partial charge in [0, 0.05) is 5.41 Å². The topological polar surface area (TPSA) is 9.23 Å². The molecular formula is C11H12ClFOS. The predicted molar refractivity (Wildman–Crippen MR) is 62.4 cm³/mol. The molecule has 0 unspecified atom stereocenters. The molecule has 0 aromatic heterocycles. The monoisotopic (exact) mass is 246 g/mol. The summed E-state index contributed by atoms with van der Waals surface area (Å²) in [6.45, 7) is 0.522. The van der Waals surface area contributed by atoms with Crippen molar-refractivity contribution < 1.29 is 9.13 Å². The van der Waals surface area contributed by atoms with E-state index in [4.69, 9.17) is 16.3 Å². The molecule has 0 spiro atoms. The summed E-state index contributed by atoms with van der Waals surface area (Å²) in [7, 11) is 0. The fraction of sp³-hybridized carbons (Fsp3) is 0.455. The van der Waals surface area contributed by atoms with Crippen molar-refractivity contribution in [3.63, 3.8) is 0 Å². The third-order valence-electron chi connectivity index (χ3n) is 2.74. The molecule has 0 aliphatic heterocycles. The second-order valence-corrected chi connectivity index (χ2v) is 4.72. The van der Waals surface area contributed by atoms with Gasteiger partial charge in [-0.15, -0.1) is 0 Å². The average Bonchev–Trinajstić information content (AvgIpc) is 3.01. The van der Waals surface area contributed by atoms with Gasteiger partial charge in [-0.2, -0.15) is 12.6 Å². The molecule has 4 heteroatoms. The van der Waals surface area contributed by atoms with Crippen LogP contribution in [0, 0.1) is 11.2 Å². The molecule has 0 N–H and O–H groups in total. The summed E-state index contributed by atoms with van der Waals surface area (Å²) >= 11 is 9.90. The van der Waals surface area contributed by atoms with Gasteiger partial charge in [-0.3, -0.25) is 0 Å². The van der Waals surface area contributed by atoms with Crippen molar-refractivity contribution in [2.75, 3.05) is 12.4 Å². The standard InChI is InChI=1S/C11H12ClFOS/c12-8-2-1-3-9(10(8)13)14-6-11(7-15)4-5-11/h1-3,15H,4-7H2. The maximum absolute atomic E-state index is 13.4. The van der Waals surface area contributed by atoms with Gasteiger partial charge in [-0.25, -0.2) is 4.39 Å². The lowest BCUT2D eigenvalue weighted by Gasteiger charge is -2.14. The van der Waals surface area contributed by atoms with Crippen molar-refractivity contribution >= 4 is 24.2 Å². The minimum atomic E-state index is -0.478. The van der Waals surface area contributed by atoms with Gasteiger partial charge in [0.15, 0.2) is 11.6 Å². The average molecular weight is 247 g/mol. The molecule has 0 amide bonds. The highest BCUT2D eigenvalue weighted by Crippen LogP contribution is 2.46.